The monoisotopic (exact) mass is 242 g/mol. The summed E-state index contributed by atoms with van der Waals surface area (Å²) >= 11 is 0. The molecule has 0 unspecified atom stereocenters. The quantitative estimate of drug-likeness (QED) is 0.848. The van der Waals surface area contributed by atoms with Gasteiger partial charge in [-0.2, -0.15) is 0 Å². The lowest BCUT2D eigenvalue weighted by Gasteiger charge is -2.22. The molecule has 0 amide bonds. The minimum absolute atomic E-state index is 1.10. The summed E-state index contributed by atoms with van der Waals surface area (Å²) in [6.45, 7) is 3.34. The first-order valence-electron chi connectivity index (χ1n) is 6.68. The van der Waals surface area contributed by atoms with E-state index in [0.717, 1.165) is 6.54 Å². The minimum atomic E-state index is 1.10. The maximum absolute atomic E-state index is 3.29. The van der Waals surface area contributed by atoms with Crippen molar-refractivity contribution in [2.45, 2.75) is 19.8 Å². The lowest BCUT2D eigenvalue weighted by atomic mass is 10.1. The molecule has 96 valence electrons. The van der Waals surface area contributed by atoms with Crippen LogP contribution in [0.2, 0.25) is 0 Å². The lowest BCUT2D eigenvalue weighted by Crippen LogP contribution is -2.18. The van der Waals surface area contributed by atoms with E-state index in [2.05, 4.69) is 60.6 Å². The van der Waals surface area contributed by atoms with Gasteiger partial charge >= 0.3 is 0 Å². The molecule has 0 atom stereocenters. The predicted octanol–water partition coefficient (Wildman–Crippen LogP) is 4.12. The van der Waals surface area contributed by atoms with Gasteiger partial charge in [0.25, 0.3) is 0 Å². The van der Waals surface area contributed by atoms with Crippen LogP contribution < -0.4 is 10.2 Å². The normalized spacial score (nSPS) is 10.6. The van der Waals surface area contributed by atoms with Crippen LogP contribution in [0.1, 0.15) is 19.8 Å². The number of hydrogen-bond acceptors (Lipinski definition) is 2. The van der Waals surface area contributed by atoms with E-state index in [1.54, 1.807) is 0 Å². The van der Waals surface area contributed by atoms with Crippen molar-refractivity contribution in [3.63, 3.8) is 0 Å². The van der Waals surface area contributed by atoms with Crippen LogP contribution in [-0.4, -0.2) is 20.6 Å². The molecular formula is C16H22N2. The Morgan fingerprint density at radius 1 is 1.11 bits per heavy atom. The average molecular weight is 242 g/mol. The highest BCUT2D eigenvalue weighted by Gasteiger charge is 2.08. The first-order chi connectivity index (χ1) is 8.77. The Kier molecular flexibility index (Phi) is 4.08. The maximum Gasteiger partial charge on any atom is 0.0464 e. The second-order valence-corrected chi connectivity index (χ2v) is 4.71. The van der Waals surface area contributed by atoms with Crippen molar-refractivity contribution in [2.24, 2.45) is 0 Å². The smallest absolute Gasteiger partial charge is 0.0464 e. The molecule has 0 aromatic heterocycles. The molecular weight excluding hydrogens is 220 g/mol. The molecule has 2 nitrogen and oxygen atoms in total. The summed E-state index contributed by atoms with van der Waals surface area (Å²) in [6, 6.07) is 12.9. The summed E-state index contributed by atoms with van der Waals surface area (Å²) in [5, 5.41) is 5.91. The van der Waals surface area contributed by atoms with E-state index in [4.69, 9.17) is 0 Å². The van der Waals surface area contributed by atoms with E-state index in [9.17, 15) is 0 Å². The van der Waals surface area contributed by atoms with Gasteiger partial charge in [0.2, 0.25) is 0 Å². The van der Waals surface area contributed by atoms with Gasteiger partial charge in [0.1, 0.15) is 0 Å². The van der Waals surface area contributed by atoms with Gasteiger partial charge in [0.05, 0.1) is 0 Å². The Balaban J connectivity index is 2.49. The van der Waals surface area contributed by atoms with Gasteiger partial charge in [-0.1, -0.05) is 37.6 Å². The Hall–Kier alpha value is -1.70. The molecule has 0 aliphatic rings. The highest BCUT2D eigenvalue weighted by atomic mass is 15.1. The van der Waals surface area contributed by atoms with Crippen molar-refractivity contribution in [3.05, 3.63) is 36.4 Å². The highest BCUT2D eigenvalue weighted by molar-refractivity contribution is 6.03. The largest absolute Gasteiger partial charge is 0.388 e. The molecule has 0 fully saturated rings. The van der Waals surface area contributed by atoms with Gasteiger partial charge in [0, 0.05) is 37.4 Å². The van der Waals surface area contributed by atoms with Gasteiger partial charge < -0.3 is 10.2 Å². The molecule has 0 bridgehead atoms. The average Bonchev–Trinajstić information content (AvgIpc) is 2.43. The molecule has 0 radical (unpaired) electrons. The zero-order valence-corrected chi connectivity index (χ0v) is 11.5. The Labute approximate surface area is 110 Å². The van der Waals surface area contributed by atoms with Crippen LogP contribution in [0.5, 0.6) is 0 Å². The molecule has 0 heterocycles. The fraction of sp³-hybridized carbons (Fsp3) is 0.375. The number of anilines is 2. The number of nitrogens with zero attached hydrogens (tertiary/aromatic N) is 1. The van der Waals surface area contributed by atoms with Crippen LogP contribution in [-0.2, 0) is 0 Å². The molecule has 2 aromatic rings. The minimum Gasteiger partial charge on any atom is -0.388 e. The molecule has 0 saturated heterocycles. The highest BCUT2D eigenvalue weighted by Crippen LogP contribution is 2.32. The first-order valence-corrected chi connectivity index (χ1v) is 6.68. The number of fused-ring (bicyclic) bond motifs is 1. The number of nitrogens with one attached hydrogen (secondary N) is 1. The van der Waals surface area contributed by atoms with Gasteiger partial charge in [0.15, 0.2) is 0 Å². The fourth-order valence-corrected chi connectivity index (χ4v) is 2.36. The van der Waals surface area contributed by atoms with Crippen LogP contribution in [0.25, 0.3) is 10.8 Å². The molecule has 0 spiro atoms. The van der Waals surface area contributed by atoms with Gasteiger partial charge in [-0.15, -0.1) is 0 Å². The van der Waals surface area contributed by atoms with Crippen molar-refractivity contribution < 1.29 is 0 Å². The Bertz CT molecular complexity index is 514. The molecule has 18 heavy (non-hydrogen) atoms. The molecule has 0 saturated carbocycles. The summed E-state index contributed by atoms with van der Waals surface area (Å²) in [5.41, 5.74) is 2.51. The third kappa shape index (κ3) is 2.42. The lowest BCUT2D eigenvalue weighted by molar-refractivity contribution is 0.768. The number of hydrogen-bond donors (Lipinski definition) is 1. The van der Waals surface area contributed by atoms with Crippen molar-refractivity contribution in [2.75, 3.05) is 30.9 Å². The van der Waals surface area contributed by atoms with Crippen LogP contribution in [0.3, 0.4) is 0 Å². The van der Waals surface area contributed by atoms with Crippen LogP contribution in [0.15, 0.2) is 36.4 Å². The van der Waals surface area contributed by atoms with Gasteiger partial charge in [-0.25, -0.2) is 0 Å². The summed E-state index contributed by atoms with van der Waals surface area (Å²) in [4.78, 5) is 2.35. The molecule has 0 aliphatic carbocycles. The van der Waals surface area contributed by atoms with Crippen molar-refractivity contribution >= 4 is 22.1 Å². The van der Waals surface area contributed by atoms with Gasteiger partial charge in [-0.05, 0) is 23.9 Å². The van der Waals surface area contributed by atoms with E-state index in [-0.39, 0.29) is 0 Å². The fourth-order valence-electron chi connectivity index (χ4n) is 2.36. The SMILES string of the molecule is CCCCN(C)c1cccc2cccc(NC)c12. The summed E-state index contributed by atoms with van der Waals surface area (Å²) in [7, 11) is 4.16. The van der Waals surface area contributed by atoms with E-state index in [0.29, 0.717) is 0 Å². The van der Waals surface area contributed by atoms with Crippen LogP contribution >= 0.6 is 0 Å². The van der Waals surface area contributed by atoms with Crippen LogP contribution in [0, 0.1) is 0 Å². The second kappa shape index (κ2) is 5.76. The molecule has 2 heteroatoms. The van der Waals surface area contributed by atoms with Crippen LogP contribution in [0.4, 0.5) is 11.4 Å². The zero-order valence-electron chi connectivity index (χ0n) is 11.5. The Morgan fingerprint density at radius 2 is 1.83 bits per heavy atom. The van der Waals surface area contributed by atoms with Crippen molar-refractivity contribution in [1.29, 1.82) is 0 Å². The van der Waals surface area contributed by atoms with E-state index in [1.165, 1.54) is 35.0 Å². The molecule has 1 N–H and O–H groups in total. The number of unbranched alkanes of at least 4 members (excludes halogenated alkanes) is 1. The maximum atomic E-state index is 3.29. The summed E-state index contributed by atoms with van der Waals surface area (Å²) in [6.07, 6.45) is 2.46. The third-order valence-electron chi connectivity index (χ3n) is 3.41. The van der Waals surface area contributed by atoms with Gasteiger partial charge in [-0.3, -0.25) is 0 Å². The van der Waals surface area contributed by atoms with E-state index in [1.807, 2.05) is 7.05 Å². The standard InChI is InChI=1S/C16H22N2/c1-4-5-12-18(3)15-11-7-9-13-8-6-10-14(17-2)16(13)15/h6-11,17H,4-5,12H2,1-3H3. The molecule has 2 aromatic carbocycles. The first kappa shape index (κ1) is 12.7. The predicted molar refractivity (Wildman–Crippen MR) is 81.7 cm³/mol. The topological polar surface area (TPSA) is 15.3 Å². The zero-order chi connectivity index (χ0) is 13.0. The second-order valence-electron chi connectivity index (χ2n) is 4.71. The molecule has 2 rings (SSSR count). The summed E-state index contributed by atoms with van der Waals surface area (Å²) < 4.78 is 0. The van der Waals surface area contributed by atoms with E-state index >= 15 is 0 Å². The Morgan fingerprint density at radius 3 is 2.50 bits per heavy atom. The molecule has 0 aliphatic heterocycles. The summed E-state index contributed by atoms with van der Waals surface area (Å²) in [5.74, 6) is 0. The van der Waals surface area contributed by atoms with Crippen molar-refractivity contribution in [3.8, 4) is 0 Å². The number of benzene rings is 2. The number of rotatable bonds is 5. The third-order valence-corrected chi connectivity index (χ3v) is 3.41. The van der Waals surface area contributed by atoms with Crippen molar-refractivity contribution in [1.82, 2.24) is 0 Å². The van der Waals surface area contributed by atoms with E-state index < -0.39 is 0 Å².